The minimum absolute atomic E-state index is 0.0231. The van der Waals surface area contributed by atoms with E-state index in [2.05, 4.69) is 10.3 Å². The van der Waals surface area contributed by atoms with Crippen molar-refractivity contribution in [1.82, 2.24) is 10.2 Å². The largest absolute Gasteiger partial charge is 0.490 e. The summed E-state index contributed by atoms with van der Waals surface area (Å²) in [6, 6.07) is 9.88. The smallest absolute Gasteiger partial charge is 0.475 e. The van der Waals surface area contributed by atoms with Crippen molar-refractivity contribution in [3.8, 4) is 0 Å². The highest BCUT2D eigenvalue weighted by atomic mass is 19.4. The SMILES string of the molecule is CCC1(CC)CC(=O)N(C[C@H]2C[C@@H]2C(=O)N[C@@H](C)c2ccccc2)C(N)=N1.O=C(O)C(F)(F)F. The van der Waals surface area contributed by atoms with Crippen molar-refractivity contribution in [3.63, 3.8) is 0 Å². The molecule has 1 saturated carbocycles. The van der Waals surface area contributed by atoms with Gasteiger partial charge in [0.1, 0.15) is 0 Å². The van der Waals surface area contributed by atoms with Crippen LogP contribution in [0.5, 0.6) is 0 Å². The first kappa shape index (κ1) is 27.1. The van der Waals surface area contributed by atoms with Gasteiger partial charge in [0.25, 0.3) is 0 Å². The molecule has 11 heteroatoms. The summed E-state index contributed by atoms with van der Waals surface area (Å²) in [5.41, 5.74) is 6.83. The zero-order chi connectivity index (χ0) is 25.7. The number of aliphatic carboxylic acids is 1. The van der Waals surface area contributed by atoms with E-state index < -0.39 is 12.1 Å². The van der Waals surface area contributed by atoms with Crippen LogP contribution in [0.3, 0.4) is 0 Å². The van der Waals surface area contributed by atoms with Crippen molar-refractivity contribution in [1.29, 1.82) is 0 Å². The number of carbonyl (C=O) groups excluding carboxylic acids is 2. The molecule has 8 nitrogen and oxygen atoms in total. The predicted octanol–water partition coefficient (Wildman–Crippen LogP) is 3.24. The molecular formula is C23H31F3N4O4. The third-order valence-corrected chi connectivity index (χ3v) is 6.30. The Morgan fingerprint density at radius 1 is 1.26 bits per heavy atom. The number of aliphatic imine (C=N–C) groups is 1. The van der Waals surface area contributed by atoms with Crippen molar-refractivity contribution in [3.05, 3.63) is 35.9 Å². The standard InChI is InChI=1S/C21H30N4O2.C2HF3O2/c1-4-21(5-2)12-18(26)25(20(22)24-21)13-16-11-17(16)19(27)23-14(3)15-9-7-6-8-10-15;3-2(4,5)1(6)7/h6-10,14,16-17H,4-5,11-13H2,1-3H3,(H2,22,24)(H,23,27);(H,6,7)/t14-,16+,17-;/m0./s1. The average molecular weight is 485 g/mol. The number of hydrogen-bond acceptors (Lipinski definition) is 5. The van der Waals surface area contributed by atoms with Gasteiger partial charge in [-0.2, -0.15) is 13.2 Å². The molecule has 1 aliphatic carbocycles. The monoisotopic (exact) mass is 484 g/mol. The van der Waals surface area contributed by atoms with Gasteiger partial charge < -0.3 is 16.2 Å². The lowest BCUT2D eigenvalue weighted by Gasteiger charge is -2.36. The summed E-state index contributed by atoms with van der Waals surface area (Å²) in [5, 5.41) is 10.2. The van der Waals surface area contributed by atoms with Gasteiger partial charge in [0.15, 0.2) is 5.96 Å². The zero-order valence-corrected chi connectivity index (χ0v) is 19.4. The summed E-state index contributed by atoms with van der Waals surface area (Å²) >= 11 is 0. The maximum absolute atomic E-state index is 12.6. The van der Waals surface area contributed by atoms with Crippen molar-refractivity contribution in [2.75, 3.05) is 6.54 Å². The van der Waals surface area contributed by atoms with Crippen LogP contribution < -0.4 is 11.1 Å². The fraction of sp³-hybridized carbons (Fsp3) is 0.565. The number of carboxylic acids is 1. The molecule has 0 radical (unpaired) electrons. The van der Waals surface area contributed by atoms with Gasteiger partial charge >= 0.3 is 12.1 Å². The second-order valence-corrected chi connectivity index (χ2v) is 8.63. The number of carboxylic acid groups (broad SMARTS) is 1. The molecule has 2 amide bonds. The molecule has 3 rings (SSSR count). The fourth-order valence-electron chi connectivity index (χ4n) is 3.85. The van der Waals surface area contributed by atoms with E-state index in [4.69, 9.17) is 15.6 Å². The van der Waals surface area contributed by atoms with Crippen LogP contribution in [0.15, 0.2) is 35.3 Å². The first-order valence-corrected chi connectivity index (χ1v) is 11.1. The maximum atomic E-state index is 12.6. The second-order valence-electron chi connectivity index (χ2n) is 8.63. The molecule has 4 N–H and O–H groups in total. The normalized spacial score (nSPS) is 22.1. The molecular weight excluding hydrogens is 453 g/mol. The quantitative estimate of drug-likeness (QED) is 0.548. The number of benzene rings is 1. The lowest BCUT2D eigenvalue weighted by molar-refractivity contribution is -0.192. The molecule has 1 aromatic rings. The van der Waals surface area contributed by atoms with Crippen molar-refractivity contribution >= 4 is 23.7 Å². The fourth-order valence-corrected chi connectivity index (χ4v) is 3.85. The maximum Gasteiger partial charge on any atom is 0.490 e. The Labute approximate surface area is 196 Å². The molecule has 0 bridgehead atoms. The number of carbonyl (C=O) groups is 3. The number of halogens is 3. The molecule has 34 heavy (non-hydrogen) atoms. The summed E-state index contributed by atoms with van der Waals surface area (Å²) < 4.78 is 31.7. The first-order chi connectivity index (χ1) is 15.8. The molecule has 2 aliphatic rings. The predicted molar refractivity (Wildman–Crippen MR) is 120 cm³/mol. The van der Waals surface area contributed by atoms with Crippen molar-refractivity contribution in [2.24, 2.45) is 22.6 Å². The van der Waals surface area contributed by atoms with Crippen LogP contribution in [0.2, 0.25) is 0 Å². The Bertz CT molecular complexity index is 917. The minimum atomic E-state index is -5.08. The van der Waals surface area contributed by atoms with Crippen LogP contribution in [-0.2, 0) is 14.4 Å². The van der Waals surface area contributed by atoms with E-state index >= 15 is 0 Å². The Balaban J connectivity index is 0.000000509. The van der Waals surface area contributed by atoms with Gasteiger partial charge in [-0.15, -0.1) is 0 Å². The van der Waals surface area contributed by atoms with Crippen LogP contribution in [-0.4, -0.2) is 52.0 Å². The van der Waals surface area contributed by atoms with E-state index in [9.17, 15) is 22.8 Å². The summed E-state index contributed by atoms with van der Waals surface area (Å²) in [6.07, 6.45) is -2.29. The zero-order valence-electron chi connectivity index (χ0n) is 19.4. The summed E-state index contributed by atoms with van der Waals surface area (Å²) in [5.74, 6) is -2.28. The number of nitrogens with zero attached hydrogens (tertiary/aromatic N) is 2. The van der Waals surface area contributed by atoms with E-state index in [0.717, 1.165) is 24.8 Å². The molecule has 1 fully saturated rings. The van der Waals surface area contributed by atoms with Gasteiger partial charge in [0.2, 0.25) is 11.8 Å². The molecule has 0 spiro atoms. The van der Waals surface area contributed by atoms with Gasteiger partial charge in [0, 0.05) is 12.5 Å². The van der Waals surface area contributed by atoms with Gasteiger partial charge in [-0.25, -0.2) is 9.79 Å². The number of guanidine groups is 1. The van der Waals surface area contributed by atoms with Crippen LogP contribution in [0.25, 0.3) is 0 Å². The van der Waals surface area contributed by atoms with E-state index in [1.807, 2.05) is 51.1 Å². The lowest BCUT2D eigenvalue weighted by Crippen LogP contribution is -2.52. The van der Waals surface area contributed by atoms with E-state index in [0.29, 0.717) is 18.9 Å². The Kier molecular flexibility index (Phi) is 8.68. The first-order valence-electron chi connectivity index (χ1n) is 11.1. The lowest BCUT2D eigenvalue weighted by atomic mass is 9.88. The number of hydrogen-bond donors (Lipinski definition) is 3. The number of nitrogens with two attached hydrogens (primary N) is 1. The molecule has 1 aromatic carbocycles. The van der Waals surface area contributed by atoms with Crippen LogP contribution >= 0.6 is 0 Å². The second kappa shape index (κ2) is 10.9. The Morgan fingerprint density at radius 3 is 2.29 bits per heavy atom. The van der Waals surface area contributed by atoms with Crippen molar-refractivity contribution < 1.29 is 32.7 Å². The molecule has 1 heterocycles. The number of alkyl halides is 3. The van der Waals surface area contributed by atoms with Gasteiger partial charge in [0.05, 0.1) is 18.0 Å². The van der Waals surface area contributed by atoms with Gasteiger partial charge in [-0.05, 0) is 37.7 Å². The van der Waals surface area contributed by atoms with Crippen LogP contribution in [0.4, 0.5) is 13.2 Å². The minimum Gasteiger partial charge on any atom is -0.475 e. The topological polar surface area (TPSA) is 125 Å². The molecule has 3 atom stereocenters. The Hall–Kier alpha value is -3.11. The van der Waals surface area contributed by atoms with E-state index in [1.54, 1.807) is 4.90 Å². The third kappa shape index (κ3) is 6.94. The number of rotatable bonds is 7. The van der Waals surface area contributed by atoms with Crippen LogP contribution in [0, 0.1) is 11.8 Å². The molecule has 1 aliphatic heterocycles. The summed E-state index contributed by atoms with van der Waals surface area (Å²) in [6.45, 7) is 6.55. The van der Waals surface area contributed by atoms with Gasteiger partial charge in [-0.1, -0.05) is 44.2 Å². The number of nitrogens with one attached hydrogen (secondary N) is 1. The number of amides is 2. The van der Waals surface area contributed by atoms with E-state index in [1.165, 1.54) is 0 Å². The highest BCUT2D eigenvalue weighted by Crippen LogP contribution is 2.41. The molecule has 0 aromatic heterocycles. The highest BCUT2D eigenvalue weighted by Gasteiger charge is 2.47. The molecule has 0 unspecified atom stereocenters. The third-order valence-electron chi connectivity index (χ3n) is 6.30. The molecule has 0 saturated heterocycles. The van der Waals surface area contributed by atoms with Gasteiger partial charge in [-0.3, -0.25) is 14.5 Å². The summed E-state index contributed by atoms with van der Waals surface area (Å²) in [4.78, 5) is 40.2. The highest BCUT2D eigenvalue weighted by molar-refractivity contribution is 5.99. The average Bonchev–Trinajstić information content (AvgIpc) is 3.56. The van der Waals surface area contributed by atoms with Crippen LogP contribution in [0.1, 0.15) is 58.1 Å². The summed E-state index contributed by atoms with van der Waals surface area (Å²) in [7, 11) is 0. The molecule has 188 valence electrons. The Morgan fingerprint density at radius 2 is 1.82 bits per heavy atom. The van der Waals surface area contributed by atoms with Crippen molar-refractivity contribution in [2.45, 2.75) is 64.2 Å². The van der Waals surface area contributed by atoms with E-state index in [-0.39, 0.29) is 35.2 Å².